The number of hydrogen-bond donors (Lipinski definition) is 0. The standard InChI is InChI=1S/C19H24N4/c20-8-16-7-13-3-2-6-18(13)21-19(16)23-11-17(12-23)22-9-14-4-1-5-15(14)10-22/h7,14-15,17H,1-6,9-12H2. The molecule has 2 aliphatic carbocycles. The van der Waals surface area contributed by atoms with E-state index >= 15 is 0 Å². The molecule has 0 N–H and O–H groups in total. The highest BCUT2D eigenvalue weighted by atomic mass is 15.3. The van der Waals surface area contributed by atoms with Crippen LogP contribution in [0.15, 0.2) is 6.07 Å². The molecule has 1 aromatic rings. The van der Waals surface area contributed by atoms with Crippen LogP contribution >= 0.6 is 0 Å². The van der Waals surface area contributed by atoms with Crippen molar-refractivity contribution in [1.82, 2.24) is 9.88 Å². The van der Waals surface area contributed by atoms with Crippen LogP contribution in [0.4, 0.5) is 5.82 Å². The lowest BCUT2D eigenvalue weighted by Crippen LogP contribution is -2.59. The SMILES string of the molecule is N#Cc1cc2c(nc1N1CC(N3CC4CCCC4C3)C1)CCC2. The van der Waals surface area contributed by atoms with Gasteiger partial charge >= 0.3 is 0 Å². The van der Waals surface area contributed by atoms with Crippen LogP contribution in [-0.4, -0.2) is 42.1 Å². The molecular weight excluding hydrogens is 284 g/mol. The van der Waals surface area contributed by atoms with Crippen molar-refractivity contribution in [2.45, 2.75) is 44.6 Å². The van der Waals surface area contributed by atoms with Gasteiger partial charge in [-0.2, -0.15) is 5.26 Å². The highest BCUT2D eigenvalue weighted by Gasteiger charge is 2.42. The second kappa shape index (κ2) is 5.21. The molecule has 3 fully saturated rings. The van der Waals surface area contributed by atoms with Gasteiger partial charge in [0.15, 0.2) is 0 Å². The molecule has 1 saturated carbocycles. The van der Waals surface area contributed by atoms with E-state index in [0.717, 1.165) is 49.1 Å². The number of nitrogens with zero attached hydrogens (tertiary/aromatic N) is 4. The fraction of sp³-hybridized carbons (Fsp3) is 0.684. The van der Waals surface area contributed by atoms with Gasteiger partial charge in [0, 0.05) is 37.9 Å². The lowest BCUT2D eigenvalue weighted by atomic mass is 10.0. The van der Waals surface area contributed by atoms with Crippen molar-refractivity contribution in [3.05, 3.63) is 22.9 Å². The number of rotatable bonds is 2. The Morgan fingerprint density at radius 2 is 1.83 bits per heavy atom. The van der Waals surface area contributed by atoms with Crippen LogP contribution < -0.4 is 4.90 Å². The Bertz CT molecular complexity index is 659. The molecule has 5 rings (SSSR count). The molecule has 0 bridgehead atoms. The molecule has 4 aliphatic rings. The van der Waals surface area contributed by atoms with Crippen LogP contribution in [0, 0.1) is 23.2 Å². The first kappa shape index (κ1) is 13.8. The summed E-state index contributed by atoms with van der Waals surface area (Å²) >= 11 is 0. The second-order valence-electron chi connectivity index (χ2n) is 7.89. The van der Waals surface area contributed by atoms with E-state index in [2.05, 4.69) is 21.9 Å². The number of anilines is 1. The first-order valence-electron chi connectivity index (χ1n) is 9.23. The molecule has 23 heavy (non-hydrogen) atoms. The zero-order valence-corrected chi connectivity index (χ0v) is 13.7. The largest absolute Gasteiger partial charge is 0.352 e. The van der Waals surface area contributed by atoms with Gasteiger partial charge in [0.1, 0.15) is 11.9 Å². The number of fused-ring (bicyclic) bond motifs is 2. The maximum atomic E-state index is 9.48. The van der Waals surface area contributed by atoms with Crippen molar-refractivity contribution in [2.75, 3.05) is 31.1 Å². The number of aromatic nitrogens is 1. The van der Waals surface area contributed by atoms with Gasteiger partial charge in [-0.25, -0.2) is 4.98 Å². The van der Waals surface area contributed by atoms with E-state index in [4.69, 9.17) is 4.98 Å². The van der Waals surface area contributed by atoms with Crippen LogP contribution in [0.25, 0.3) is 0 Å². The lowest BCUT2D eigenvalue weighted by Gasteiger charge is -2.45. The van der Waals surface area contributed by atoms with Gasteiger partial charge in [0.25, 0.3) is 0 Å². The Kier molecular flexibility index (Phi) is 3.12. The molecule has 4 nitrogen and oxygen atoms in total. The smallest absolute Gasteiger partial charge is 0.146 e. The highest BCUT2D eigenvalue weighted by Crippen LogP contribution is 2.40. The molecule has 4 heteroatoms. The summed E-state index contributed by atoms with van der Waals surface area (Å²) in [6.45, 7) is 4.73. The summed E-state index contributed by atoms with van der Waals surface area (Å²) in [6.07, 6.45) is 7.71. The minimum absolute atomic E-state index is 0.683. The zero-order valence-electron chi connectivity index (χ0n) is 13.7. The number of likely N-dealkylation sites (tertiary alicyclic amines) is 1. The number of nitriles is 1. The van der Waals surface area contributed by atoms with E-state index in [9.17, 15) is 5.26 Å². The van der Waals surface area contributed by atoms with E-state index in [-0.39, 0.29) is 0 Å². The Balaban J connectivity index is 1.29. The molecule has 0 amide bonds. The Morgan fingerprint density at radius 1 is 1.04 bits per heavy atom. The molecule has 2 atom stereocenters. The summed E-state index contributed by atoms with van der Waals surface area (Å²) < 4.78 is 0. The third kappa shape index (κ3) is 2.17. The molecule has 2 unspecified atom stereocenters. The summed E-state index contributed by atoms with van der Waals surface area (Å²) in [6, 6.07) is 5.15. The topological polar surface area (TPSA) is 43.2 Å². The molecule has 3 heterocycles. The van der Waals surface area contributed by atoms with E-state index in [1.165, 1.54) is 50.0 Å². The van der Waals surface area contributed by atoms with E-state index < -0.39 is 0 Å². The molecule has 0 spiro atoms. The average Bonchev–Trinajstić information content (AvgIpc) is 3.19. The van der Waals surface area contributed by atoms with Gasteiger partial charge in [-0.3, -0.25) is 4.90 Å². The first-order valence-corrected chi connectivity index (χ1v) is 9.23. The highest BCUT2D eigenvalue weighted by molar-refractivity contribution is 5.58. The van der Waals surface area contributed by atoms with Gasteiger partial charge in [-0.05, 0) is 55.6 Å². The van der Waals surface area contributed by atoms with Crippen molar-refractivity contribution in [3.63, 3.8) is 0 Å². The quantitative estimate of drug-likeness (QED) is 0.841. The molecule has 0 aromatic carbocycles. The molecule has 0 radical (unpaired) electrons. The minimum Gasteiger partial charge on any atom is -0.352 e. The third-order valence-electron chi connectivity index (χ3n) is 6.58. The predicted molar refractivity (Wildman–Crippen MR) is 89.4 cm³/mol. The van der Waals surface area contributed by atoms with Crippen molar-refractivity contribution >= 4 is 5.82 Å². The van der Waals surface area contributed by atoms with Gasteiger partial charge in [-0.1, -0.05) is 6.42 Å². The van der Waals surface area contributed by atoms with Gasteiger partial charge < -0.3 is 4.90 Å². The Morgan fingerprint density at radius 3 is 2.57 bits per heavy atom. The fourth-order valence-electron chi connectivity index (χ4n) is 5.21. The summed E-state index contributed by atoms with van der Waals surface area (Å²) in [5.41, 5.74) is 3.32. The van der Waals surface area contributed by atoms with E-state index in [1.807, 2.05) is 0 Å². The Hall–Kier alpha value is -1.60. The molecule has 1 aromatic heterocycles. The third-order valence-corrected chi connectivity index (χ3v) is 6.58. The van der Waals surface area contributed by atoms with Crippen molar-refractivity contribution in [2.24, 2.45) is 11.8 Å². The summed E-state index contributed by atoms with van der Waals surface area (Å²) in [4.78, 5) is 9.89. The van der Waals surface area contributed by atoms with Crippen LogP contribution in [0.3, 0.4) is 0 Å². The monoisotopic (exact) mass is 308 g/mol. The van der Waals surface area contributed by atoms with Crippen molar-refractivity contribution < 1.29 is 0 Å². The Labute approximate surface area is 138 Å². The van der Waals surface area contributed by atoms with Crippen LogP contribution in [0.2, 0.25) is 0 Å². The molecule has 2 saturated heterocycles. The fourth-order valence-corrected chi connectivity index (χ4v) is 5.21. The summed E-state index contributed by atoms with van der Waals surface area (Å²) in [5.74, 6) is 2.89. The van der Waals surface area contributed by atoms with E-state index in [0.29, 0.717) is 6.04 Å². The normalized spacial score (nSPS) is 30.1. The van der Waals surface area contributed by atoms with Crippen molar-refractivity contribution in [1.29, 1.82) is 5.26 Å². The minimum atomic E-state index is 0.683. The molecule has 2 aliphatic heterocycles. The number of hydrogen-bond acceptors (Lipinski definition) is 4. The average molecular weight is 308 g/mol. The molecular formula is C19H24N4. The zero-order chi connectivity index (χ0) is 15.4. The van der Waals surface area contributed by atoms with Gasteiger partial charge in [-0.15, -0.1) is 0 Å². The van der Waals surface area contributed by atoms with Crippen molar-refractivity contribution in [3.8, 4) is 6.07 Å². The van der Waals surface area contributed by atoms with Crippen LogP contribution in [-0.2, 0) is 12.8 Å². The first-order chi connectivity index (χ1) is 11.3. The second-order valence-corrected chi connectivity index (χ2v) is 7.89. The van der Waals surface area contributed by atoms with Crippen LogP contribution in [0.5, 0.6) is 0 Å². The predicted octanol–water partition coefficient (Wildman–Crippen LogP) is 2.36. The van der Waals surface area contributed by atoms with Gasteiger partial charge in [0.05, 0.1) is 5.56 Å². The number of aryl methyl sites for hydroxylation is 2. The summed E-state index contributed by atoms with van der Waals surface area (Å²) in [5, 5.41) is 9.48. The maximum absolute atomic E-state index is 9.48. The number of pyridine rings is 1. The van der Waals surface area contributed by atoms with E-state index in [1.54, 1.807) is 0 Å². The van der Waals surface area contributed by atoms with Gasteiger partial charge in [0.2, 0.25) is 0 Å². The lowest BCUT2D eigenvalue weighted by molar-refractivity contribution is 0.190. The molecule has 120 valence electrons. The van der Waals surface area contributed by atoms with Crippen LogP contribution in [0.1, 0.15) is 42.5 Å². The summed E-state index contributed by atoms with van der Waals surface area (Å²) in [7, 11) is 0. The maximum Gasteiger partial charge on any atom is 0.146 e.